The number of rotatable bonds is 13. The van der Waals surface area contributed by atoms with Gasteiger partial charge in [0.1, 0.15) is 17.6 Å². The summed E-state index contributed by atoms with van der Waals surface area (Å²) in [6.07, 6.45) is 13.0. The Labute approximate surface area is 304 Å². The van der Waals surface area contributed by atoms with Crippen LogP contribution in [0.3, 0.4) is 0 Å². The number of nitrogens with two attached hydrogens (primary N) is 2. The van der Waals surface area contributed by atoms with Gasteiger partial charge in [-0.25, -0.2) is 4.98 Å². The summed E-state index contributed by atoms with van der Waals surface area (Å²) in [6.45, 7) is 4.75. The lowest BCUT2D eigenvalue weighted by Crippen LogP contribution is -2.48. The highest BCUT2D eigenvalue weighted by Crippen LogP contribution is 2.49. The summed E-state index contributed by atoms with van der Waals surface area (Å²) in [5.41, 5.74) is 19.2. The summed E-state index contributed by atoms with van der Waals surface area (Å²) in [5, 5.41) is 14.2. The molecule has 3 saturated carbocycles. The van der Waals surface area contributed by atoms with Gasteiger partial charge < -0.3 is 37.1 Å². The molecule has 0 bridgehead atoms. The number of fused-ring (bicyclic) bond motifs is 3. The molecular weight excluding hydrogens is 656 g/mol. The van der Waals surface area contributed by atoms with E-state index in [1.54, 1.807) is 6.08 Å². The van der Waals surface area contributed by atoms with E-state index < -0.39 is 0 Å². The normalized spacial score (nSPS) is 21.2. The van der Waals surface area contributed by atoms with Crippen LogP contribution < -0.4 is 37.1 Å². The highest BCUT2D eigenvalue weighted by Gasteiger charge is 2.38. The number of pyridine rings is 1. The van der Waals surface area contributed by atoms with E-state index in [0.717, 1.165) is 98.7 Å². The summed E-state index contributed by atoms with van der Waals surface area (Å²) in [7, 11) is 2.10. The molecule has 3 aliphatic carbocycles. The molecule has 1 atom stereocenters. The Kier molecular flexibility index (Phi) is 9.29. The minimum absolute atomic E-state index is 0.00457. The molecule has 2 aliphatic heterocycles. The largest absolute Gasteiger partial charge is 0.474 e. The number of hydrogen-bond acceptors (Lipinski definition) is 10. The van der Waals surface area contributed by atoms with Crippen molar-refractivity contribution in [3.63, 3.8) is 0 Å². The standard InChI is InChI=1S/C39H50N10O3/c1-3-32-37-29(19-42-49(37)26-21-48(22-26)20-25-8-6-13-34(43-25)52-27-9-4-5-10-27)28-11-7-12-30(36(28)47(32)2)45-31(35(41)39(51)44-24-16-17-24)18-33(40)46-38(50)23-14-15-23/h6-8,11-13,18-19,23-24,26-27,32,45H,3-5,9-10,14-17,20-22,40-41H2,1-2H3,(H,44,51)(H,46,50)/b33-18+,35-31+. The van der Waals surface area contributed by atoms with Gasteiger partial charge in [0.15, 0.2) is 0 Å². The maximum absolute atomic E-state index is 13.1. The van der Waals surface area contributed by atoms with Crippen LogP contribution in [0.25, 0.3) is 11.1 Å². The number of allylic oxidation sites excluding steroid dienone is 1. The van der Waals surface area contributed by atoms with E-state index in [1.165, 1.54) is 18.5 Å². The van der Waals surface area contributed by atoms with Gasteiger partial charge in [-0.05, 0) is 69.9 Å². The van der Waals surface area contributed by atoms with Crippen LogP contribution in [0.2, 0.25) is 0 Å². The first-order chi connectivity index (χ1) is 25.2. The van der Waals surface area contributed by atoms with Crippen molar-refractivity contribution in [2.75, 3.05) is 30.4 Å². The second-order valence-corrected chi connectivity index (χ2v) is 15.0. The molecule has 274 valence electrons. The number of nitrogens with one attached hydrogen (secondary N) is 3. The van der Waals surface area contributed by atoms with Crippen molar-refractivity contribution in [3.8, 4) is 17.0 Å². The topological polar surface area (TPSA) is 169 Å². The Hall–Kier alpha value is -5.04. The van der Waals surface area contributed by atoms with Gasteiger partial charge in [0.2, 0.25) is 11.8 Å². The number of anilines is 2. The Morgan fingerprint density at radius 1 is 1.00 bits per heavy atom. The van der Waals surface area contributed by atoms with E-state index in [2.05, 4.69) is 56.5 Å². The first-order valence-corrected chi connectivity index (χ1v) is 18.9. The lowest BCUT2D eigenvalue weighted by atomic mass is 9.91. The van der Waals surface area contributed by atoms with Crippen LogP contribution in [0.15, 0.2) is 65.9 Å². The Balaban J connectivity index is 1.02. The molecule has 1 unspecified atom stereocenters. The quantitative estimate of drug-likeness (QED) is 0.127. The highest BCUT2D eigenvalue weighted by molar-refractivity contribution is 5.96. The van der Waals surface area contributed by atoms with E-state index in [-0.39, 0.29) is 47.4 Å². The lowest BCUT2D eigenvalue weighted by Gasteiger charge is -2.43. The Morgan fingerprint density at radius 2 is 1.77 bits per heavy atom. The van der Waals surface area contributed by atoms with E-state index in [0.29, 0.717) is 11.8 Å². The minimum Gasteiger partial charge on any atom is -0.474 e. The summed E-state index contributed by atoms with van der Waals surface area (Å²) in [5.74, 6) is 0.356. The van der Waals surface area contributed by atoms with Gasteiger partial charge in [0.05, 0.1) is 46.7 Å². The predicted molar refractivity (Wildman–Crippen MR) is 200 cm³/mol. The molecule has 7 N–H and O–H groups in total. The van der Waals surface area contributed by atoms with Crippen LogP contribution in [0, 0.1) is 5.92 Å². The maximum atomic E-state index is 13.1. The van der Waals surface area contributed by atoms with Crippen molar-refractivity contribution in [1.82, 2.24) is 30.3 Å². The summed E-state index contributed by atoms with van der Waals surface area (Å²) >= 11 is 0. The molecule has 13 nitrogen and oxygen atoms in total. The Morgan fingerprint density at radius 3 is 2.50 bits per heavy atom. The van der Waals surface area contributed by atoms with Crippen molar-refractivity contribution < 1.29 is 14.3 Å². The van der Waals surface area contributed by atoms with Crippen LogP contribution >= 0.6 is 0 Å². The van der Waals surface area contributed by atoms with Gasteiger partial charge in [0.25, 0.3) is 5.91 Å². The van der Waals surface area contributed by atoms with Crippen LogP contribution in [-0.4, -0.2) is 63.8 Å². The van der Waals surface area contributed by atoms with E-state index in [4.69, 9.17) is 26.3 Å². The molecule has 8 rings (SSSR count). The molecule has 3 aromatic rings. The zero-order chi connectivity index (χ0) is 35.9. The number of nitrogens with zero attached hydrogens (tertiary/aromatic N) is 5. The van der Waals surface area contributed by atoms with Crippen LogP contribution in [-0.2, 0) is 16.1 Å². The molecule has 5 aliphatic rings. The van der Waals surface area contributed by atoms with E-state index in [9.17, 15) is 9.59 Å². The zero-order valence-corrected chi connectivity index (χ0v) is 30.1. The molecule has 13 heteroatoms. The van der Waals surface area contributed by atoms with Crippen molar-refractivity contribution in [3.05, 3.63) is 77.3 Å². The third-order valence-corrected chi connectivity index (χ3v) is 11.0. The number of benzene rings is 1. The Bertz CT molecular complexity index is 1900. The molecule has 4 fully saturated rings. The molecule has 1 aromatic carbocycles. The van der Waals surface area contributed by atoms with Crippen molar-refractivity contribution in [1.29, 1.82) is 0 Å². The van der Waals surface area contributed by atoms with Crippen molar-refractivity contribution in [2.45, 2.75) is 95.5 Å². The molecule has 1 saturated heterocycles. The number of likely N-dealkylation sites (tertiary alicyclic amines) is 1. The second kappa shape index (κ2) is 14.2. The predicted octanol–water partition coefficient (Wildman–Crippen LogP) is 4.41. The third-order valence-electron chi connectivity index (χ3n) is 11.0. The van der Waals surface area contributed by atoms with Crippen molar-refractivity contribution >= 4 is 23.2 Å². The van der Waals surface area contributed by atoms with Gasteiger partial charge in [0, 0.05) is 61.9 Å². The van der Waals surface area contributed by atoms with Gasteiger partial charge in [-0.15, -0.1) is 0 Å². The SMILES string of the molecule is CCC1c2c(cnn2C2CN(Cc3cccc(OC4CCCC4)n3)C2)-c2cccc(NC(/C=C(\N)NC(=O)C3CC3)=C(/N)C(=O)NC3CC3)c2N1C. The number of amides is 2. The molecule has 0 radical (unpaired) electrons. The molecule has 2 aromatic heterocycles. The van der Waals surface area contributed by atoms with Gasteiger partial charge in [-0.2, -0.15) is 5.10 Å². The number of carbonyl (C=O) groups is 2. The fourth-order valence-corrected chi connectivity index (χ4v) is 7.82. The number of ether oxygens (including phenoxy) is 1. The van der Waals surface area contributed by atoms with Gasteiger partial charge in [-0.1, -0.05) is 25.1 Å². The fourth-order valence-electron chi connectivity index (χ4n) is 7.82. The van der Waals surface area contributed by atoms with Crippen LogP contribution in [0.5, 0.6) is 5.88 Å². The number of para-hydroxylation sites is 1. The average Bonchev–Trinajstić information content (AvgIpc) is 4.04. The van der Waals surface area contributed by atoms with Gasteiger partial charge >= 0.3 is 0 Å². The number of aromatic nitrogens is 3. The number of carbonyl (C=O) groups excluding carboxylic acids is 2. The lowest BCUT2D eigenvalue weighted by molar-refractivity contribution is -0.121. The van der Waals surface area contributed by atoms with Crippen molar-refractivity contribution in [2.24, 2.45) is 17.4 Å². The summed E-state index contributed by atoms with van der Waals surface area (Å²) < 4.78 is 8.39. The molecule has 0 spiro atoms. The van der Waals surface area contributed by atoms with E-state index in [1.807, 2.05) is 30.5 Å². The number of hydrogen-bond donors (Lipinski definition) is 5. The van der Waals surface area contributed by atoms with E-state index >= 15 is 0 Å². The maximum Gasteiger partial charge on any atom is 0.269 e. The first-order valence-electron chi connectivity index (χ1n) is 18.9. The summed E-state index contributed by atoms with van der Waals surface area (Å²) in [4.78, 5) is 35.1. The van der Waals surface area contributed by atoms with Crippen LogP contribution in [0.1, 0.15) is 88.2 Å². The first kappa shape index (κ1) is 34.1. The van der Waals surface area contributed by atoms with Crippen LogP contribution in [0.4, 0.5) is 11.4 Å². The smallest absolute Gasteiger partial charge is 0.269 e. The molecular formula is C39H50N10O3. The highest BCUT2D eigenvalue weighted by atomic mass is 16.5. The molecule has 4 heterocycles. The molecule has 2 amide bonds. The average molecular weight is 707 g/mol. The zero-order valence-electron chi connectivity index (χ0n) is 30.1. The summed E-state index contributed by atoms with van der Waals surface area (Å²) in [6, 6.07) is 12.6. The monoisotopic (exact) mass is 706 g/mol. The second-order valence-electron chi connectivity index (χ2n) is 15.0. The molecule has 52 heavy (non-hydrogen) atoms. The van der Waals surface area contributed by atoms with Gasteiger partial charge in [-0.3, -0.25) is 19.2 Å². The minimum atomic E-state index is -0.369. The third kappa shape index (κ3) is 7.06. The fraction of sp³-hybridized carbons (Fsp3) is 0.487.